The lowest BCUT2D eigenvalue weighted by molar-refractivity contribution is 0.601. The molecule has 0 atom stereocenters. The summed E-state index contributed by atoms with van der Waals surface area (Å²) in [5.74, 6) is 8.02. The molecule has 2 heterocycles. The molecule has 2 nitrogen and oxygen atoms in total. The van der Waals surface area contributed by atoms with Gasteiger partial charge in [-0.2, -0.15) is 19.6 Å². The summed E-state index contributed by atoms with van der Waals surface area (Å²) >= 11 is 0. The summed E-state index contributed by atoms with van der Waals surface area (Å²) in [6.45, 7) is 13.5. The van der Waals surface area contributed by atoms with E-state index in [0.717, 1.165) is 33.5 Å². The smallest absolute Gasteiger partial charge is 0.177 e. The molecule has 0 N–H and O–H groups in total. The molecule has 0 amide bonds. The van der Waals surface area contributed by atoms with Crippen molar-refractivity contribution in [2.24, 2.45) is 0 Å². The Balaban J connectivity index is 1.54. The summed E-state index contributed by atoms with van der Waals surface area (Å²) in [6, 6.07) is 21.6. The third-order valence-electron chi connectivity index (χ3n) is 6.31. The predicted molar refractivity (Wildman–Crippen MR) is 159 cm³/mol. The minimum absolute atomic E-state index is 0.744. The fraction of sp³-hybridized carbons (Fsp3) is 0.188. The maximum atomic E-state index is 6.07. The summed E-state index contributed by atoms with van der Waals surface area (Å²) in [7, 11) is -2.94. The molecule has 4 aromatic carbocycles. The van der Waals surface area contributed by atoms with E-state index in [9.17, 15) is 0 Å². The minimum Gasteiger partial charge on any atom is -0.448 e. The number of hydrogen-bond donors (Lipinski definition) is 0. The fourth-order valence-corrected chi connectivity index (χ4v) is 5.70. The molecule has 0 unspecified atom stereocenters. The molecule has 36 heavy (non-hydrogen) atoms. The molecule has 0 saturated heterocycles. The van der Waals surface area contributed by atoms with Gasteiger partial charge in [-0.05, 0) is 50.4 Å². The van der Waals surface area contributed by atoms with Crippen molar-refractivity contribution in [1.29, 1.82) is 0 Å². The number of rotatable bonds is 0. The molecule has 0 saturated carbocycles. The van der Waals surface area contributed by atoms with Gasteiger partial charge in [0.15, 0.2) is 11.5 Å². The zero-order valence-corrected chi connectivity index (χ0v) is 23.6. The van der Waals surface area contributed by atoms with Gasteiger partial charge in [-0.1, -0.05) is 70.0 Å². The fourth-order valence-electron chi connectivity index (χ4n) is 4.70. The first kappa shape index (κ1) is 22.7. The highest BCUT2D eigenvalue weighted by atomic mass is 28.3. The van der Waals surface area contributed by atoms with Crippen LogP contribution in [0.1, 0.15) is 11.5 Å². The highest BCUT2D eigenvalue weighted by molar-refractivity contribution is 6.84. The Labute approximate surface area is 213 Å². The Hall–Kier alpha value is -3.71. The lowest BCUT2D eigenvalue weighted by atomic mass is 9.95. The van der Waals surface area contributed by atoms with Gasteiger partial charge in [0.2, 0.25) is 0 Å². The van der Waals surface area contributed by atoms with E-state index in [1.165, 1.54) is 32.3 Å². The lowest BCUT2D eigenvalue weighted by Crippen LogP contribution is -2.16. The van der Waals surface area contributed by atoms with Gasteiger partial charge in [0.05, 0.1) is 0 Å². The summed E-state index contributed by atoms with van der Waals surface area (Å²) in [5.41, 5.74) is 8.59. The van der Waals surface area contributed by atoms with Gasteiger partial charge in [-0.25, -0.2) is 0 Å². The van der Waals surface area contributed by atoms with E-state index in [1.54, 1.807) is 0 Å². The maximum Gasteiger partial charge on any atom is 0.177 e. The van der Waals surface area contributed by atoms with Gasteiger partial charge in [-0.15, -0.1) is 5.54 Å². The van der Waals surface area contributed by atoms with Gasteiger partial charge in [0.1, 0.15) is 19.2 Å². The van der Waals surface area contributed by atoms with Gasteiger partial charge in [0.25, 0.3) is 0 Å². The first-order chi connectivity index (χ1) is 17.1. The topological polar surface area (TPSA) is 26.3 Å². The lowest BCUT2D eigenvalue weighted by Gasteiger charge is -2.17. The Kier molecular flexibility index (Phi) is 4.99. The largest absolute Gasteiger partial charge is 0.448 e. The molecule has 4 heteroatoms. The Bertz CT molecular complexity index is 1820. The van der Waals surface area contributed by atoms with Gasteiger partial charge in [0, 0.05) is 22.9 Å². The third kappa shape index (κ3) is 4.03. The summed E-state index contributed by atoms with van der Waals surface area (Å²) in [4.78, 5) is 0. The molecular weight excluding hydrogens is 473 g/mol. The Morgan fingerprint density at radius 2 is 0.944 bits per heavy atom. The van der Waals surface area contributed by atoms with Crippen molar-refractivity contribution in [2.45, 2.75) is 39.3 Å². The second-order valence-electron chi connectivity index (χ2n) is 11.6. The Morgan fingerprint density at radius 1 is 0.556 bits per heavy atom. The van der Waals surface area contributed by atoms with Gasteiger partial charge in [-0.3, -0.25) is 5.54 Å². The molecule has 0 fully saturated rings. The van der Waals surface area contributed by atoms with Crippen LogP contribution in [0, 0.1) is 22.9 Å². The Morgan fingerprint density at radius 3 is 1.36 bits per heavy atom. The van der Waals surface area contributed by atoms with Gasteiger partial charge < -0.3 is 8.83 Å². The SMILES string of the molecule is C[Si](C)(C)C#Cc1cc2c(ccc3c2ccc2c4ccc5oc(C#C[Si-](C)(C)C)cc5c4ccc32)o1. The van der Waals surface area contributed by atoms with Crippen LogP contribution in [0.5, 0.6) is 0 Å². The van der Waals surface area contributed by atoms with Crippen molar-refractivity contribution in [2.75, 3.05) is 0 Å². The van der Waals surface area contributed by atoms with Crippen LogP contribution in [-0.2, 0) is 0 Å². The van der Waals surface area contributed by atoms with Crippen LogP contribution < -0.4 is 0 Å². The molecule has 6 aromatic rings. The first-order valence-electron chi connectivity index (χ1n) is 12.4. The van der Waals surface area contributed by atoms with E-state index in [-0.39, 0.29) is 0 Å². The molecule has 0 aliphatic heterocycles. The second kappa shape index (κ2) is 7.90. The zero-order chi connectivity index (χ0) is 25.2. The van der Waals surface area contributed by atoms with E-state index in [2.05, 4.69) is 123 Å². The molecule has 177 valence electrons. The minimum atomic E-state index is -1.47. The molecule has 0 radical (unpaired) electrons. The normalized spacial score (nSPS) is 12.3. The predicted octanol–water partition coefficient (Wildman–Crippen LogP) is 9.10. The zero-order valence-electron chi connectivity index (χ0n) is 21.6. The van der Waals surface area contributed by atoms with Crippen molar-refractivity contribution in [1.82, 2.24) is 0 Å². The van der Waals surface area contributed by atoms with Crippen molar-refractivity contribution in [3.63, 3.8) is 0 Å². The quantitative estimate of drug-likeness (QED) is 0.118. The molecule has 2 aromatic heterocycles. The average molecular weight is 501 g/mol. The molecular formula is C32H28O2Si2-. The monoisotopic (exact) mass is 500 g/mol. The standard InChI is InChI=1S/C32H28O2Si2/c1-35(2,3)17-15-21-19-29-27-9-7-24-23(25(27)11-13-31(29)33-21)8-10-28-26(24)12-14-32-30(28)20-22(34-32)16-18-36(4,5)6/h7-14,19-20H,1-6H3/q-1. The van der Waals surface area contributed by atoms with Crippen LogP contribution in [0.4, 0.5) is 0 Å². The van der Waals surface area contributed by atoms with Crippen LogP contribution in [0.25, 0.3) is 54.3 Å². The number of benzene rings is 4. The van der Waals surface area contributed by atoms with E-state index >= 15 is 0 Å². The first-order valence-corrected chi connectivity index (χ1v) is 19.4. The van der Waals surface area contributed by atoms with E-state index in [1.807, 2.05) is 0 Å². The van der Waals surface area contributed by atoms with Crippen molar-refractivity contribution >= 4 is 70.4 Å². The summed E-state index contributed by atoms with van der Waals surface area (Å²) in [6.07, 6.45) is 0. The highest BCUT2D eigenvalue weighted by Gasteiger charge is 2.13. The number of hydrogen-bond acceptors (Lipinski definition) is 2. The number of fused-ring (bicyclic) bond motifs is 9. The second-order valence-corrected chi connectivity index (χ2v) is 21.1. The molecule has 0 bridgehead atoms. The number of furan rings is 2. The van der Waals surface area contributed by atoms with Crippen LogP contribution in [0.2, 0.25) is 39.3 Å². The van der Waals surface area contributed by atoms with Gasteiger partial charge >= 0.3 is 0 Å². The van der Waals surface area contributed by atoms with Crippen molar-refractivity contribution in [3.05, 3.63) is 72.2 Å². The van der Waals surface area contributed by atoms with Crippen LogP contribution in [0.3, 0.4) is 0 Å². The van der Waals surface area contributed by atoms with Crippen molar-refractivity contribution < 1.29 is 8.83 Å². The maximum absolute atomic E-state index is 6.07. The van der Waals surface area contributed by atoms with Crippen LogP contribution >= 0.6 is 0 Å². The van der Waals surface area contributed by atoms with Crippen LogP contribution in [0.15, 0.2) is 69.5 Å². The third-order valence-corrected chi connectivity index (χ3v) is 8.06. The molecule has 0 aliphatic carbocycles. The molecule has 0 aliphatic rings. The summed E-state index contributed by atoms with van der Waals surface area (Å²) in [5, 5.41) is 9.53. The van der Waals surface area contributed by atoms with E-state index < -0.39 is 16.1 Å². The van der Waals surface area contributed by atoms with Crippen molar-refractivity contribution in [3.8, 4) is 22.9 Å². The highest BCUT2D eigenvalue weighted by Crippen LogP contribution is 2.38. The average Bonchev–Trinajstić information content (AvgIpc) is 3.43. The van der Waals surface area contributed by atoms with E-state index in [4.69, 9.17) is 8.83 Å². The molecule has 6 rings (SSSR count). The molecule has 0 spiro atoms. The summed E-state index contributed by atoms with van der Waals surface area (Å²) < 4.78 is 12.1. The van der Waals surface area contributed by atoms with E-state index in [0.29, 0.717) is 0 Å². The van der Waals surface area contributed by atoms with Crippen LogP contribution in [-0.4, -0.2) is 16.1 Å².